The Balaban J connectivity index is 0.000000642. The standard InChI is InChI=1S/C17H38NO.C7H8O3S/c1-4-5-6-7-8-9-10-11-12-15-18(2,3)16-13-14-17-19;1-6-2-4-7(5-3-6)11(8,9)10/h19H,4-17H2,1-3H3;2-5H,1H3,(H,8,9,10)/q+1;/p-1. The zero-order chi connectivity index (χ0) is 22.9. The molecule has 176 valence electrons. The Morgan fingerprint density at radius 1 is 0.800 bits per heavy atom. The number of rotatable bonds is 15. The lowest BCUT2D eigenvalue weighted by molar-refractivity contribution is -0.890. The van der Waals surface area contributed by atoms with Crippen LogP contribution < -0.4 is 0 Å². The molecule has 0 fully saturated rings. The van der Waals surface area contributed by atoms with E-state index in [-0.39, 0.29) is 4.90 Å². The fraction of sp³-hybridized carbons (Fsp3) is 0.750. The van der Waals surface area contributed by atoms with Crippen LogP contribution in [-0.4, -0.2) is 56.4 Å². The number of nitrogens with zero attached hydrogens (tertiary/aromatic N) is 1. The molecule has 0 unspecified atom stereocenters. The van der Waals surface area contributed by atoms with E-state index in [1.54, 1.807) is 12.1 Å². The molecule has 0 atom stereocenters. The Labute approximate surface area is 185 Å². The smallest absolute Gasteiger partial charge is 0.124 e. The molecule has 1 aromatic carbocycles. The minimum absolute atomic E-state index is 0.178. The predicted octanol–water partition coefficient (Wildman–Crippen LogP) is 5.27. The number of hydrogen-bond donors (Lipinski definition) is 1. The molecular weight excluding hydrogens is 398 g/mol. The Morgan fingerprint density at radius 2 is 1.23 bits per heavy atom. The summed E-state index contributed by atoms with van der Waals surface area (Å²) in [6.45, 7) is 6.94. The highest BCUT2D eigenvalue weighted by atomic mass is 32.2. The van der Waals surface area contributed by atoms with E-state index in [9.17, 15) is 13.0 Å². The van der Waals surface area contributed by atoms with Crippen molar-refractivity contribution in [1.29, 1.82) is 0 Å². The van der Waals surface area contributed by atoms with Crippen LogP contribution in [0.2, 0.25) is 0 Å². The van der Waals surface area contributed by atoms with E-state index in [0.717, 1.165) is 22.9 Å². The van der Waals surface area contributed by atoms with Gasteiger partial charge in [0.25, 0.3) is 0 Å². The number of aryl methyl sites for hydroxylation is 1. The number of benzene rings is 1. The van der Waals surface area contributed by atoms with Crippen molar-refractivity contribution in [2.75, 3.05) is 33.8 Å². The molecule has 0 saturated carbocycles. The van der Waals surface area contributed by atoms with Crippen LogP contribution in [0.15, 0.2) is 29.2 Å². The average molecular weight is 444 g/mol. The Morgan fingerprint density at radius 3 is 1.67 bits per heavy atom. The Bertz CT molecular complexity index is 627. The number of aliphatic hydroxyl groups is 1. The van der Waals surface area contributed by atoms with Crippen molar-refractivity contribution in [1.82, 2.24) is 0 Å². The molecule has 1 aromatic rings. The highest BCUT2D eigenvalue weighted by Crippen LogP contribution is 2.11. The zero-order valence-corrected chi connectivity index (χ0v) is 20.6. The van der Waals surface area contributed by atoms with Gasteiger partial charge in [-0.05, 0) is 44.7 Å². The van der Waals surface area contributed by atoms with Crippen molar-refractivity contribution in [2.45, 2.75) is 89.4 Å². The minimum Gasteiger partial charge on any atom is -0.744 e. The molecular formula is C24H45NO4S. The molecule has 0 heterocycles. The van der Waals surface area contributed by atoms with Gasteiger partial charge in [-0.1, -0.05) is 69.6 Å². The second-order valence-electron chi connectivity index (χ2n) is 8.91. The highest BCUT2D eigenvalue weighted by Gasteiger charge is 2.13. The van der Waals surface area contributed by atoms with Crippen LogP contribution in [0.5, 0.6) is 0 Å². The second-order valence-corrected chi connectivity index (χ2v) is 10.3. The van der Waals surface area contributed by atoms with Gasteiger partial charge in [-0.2, -0.15) is 0 Å². The molecule has 0 saturated heterocycles. The summed E-state index contributed by atoms with van der Waals surface area (Å²) < 4.78 is 32.3. The van der Waals surface area contributed by atoms with E-state index in [4.69, 9.17) is 5.11 Å². The molecule has 0 aliphatic carbocycles. The first kappa shape index (κ1) is 29.1. The molecule has 0 radical (unpaired) electrons. The monoisotopic (exact) mass is 443 g/mol. The molecule has 0 spiro atoms. The largest absolute Gasteiger partial charge is 0.744 e. The molecule has 0 aliphatic heterocycles. The lowest BCUT2D eigenvalue weighted by Crippen LogP contribution is -2.41. The van der Waals surface area contributed by atoms with Crippen molar-refractivity contribution >= 4 is 10.1 Å². The van der Waals surface area contributed by atoms with E-state index in [1.165, 1.54) is 83.0 Å². The first-order valence-electron chi connectivity index (χ1n) is 11.6. The van der Waals surface area contributed by atoms with Gasteiger partial charge in [0.15, 0.2) is 0 Å². The van der Waals surface area contributed by atoms with E-state index in [2.05, 4.69) is 21.0 Å². The maximum Gasteiger partial charge on any atom is 0.124 e. The highest BCUT2D eigenvalue weighted by molar-refractivity contribution is 7.85. The number of hydrogen-bond acceptors (Lipinski definition) is 4. The van der Waals surface area contributed by atoms with Crippen molar-refractivity contribution in [3.8, 4) is 0 Å². The van der Waals surface area contributed by atoms with Gasteiger partial charge in [0.1, 0.15) is 10.1 Å². The van der Waals surface area contributed by atoms with Crippen molar-refractivity contribution in [3.05, 3.63) is 29.8 Å². The van der Waals surface area contributed by atoms with Crippen LogP contribution in [0.4, 0.5) is 0 Å². The summed E-state index contributed by atoms with van der Waals surface area (Å²) in [5.74, 6) is 0. The van der Waals surface area contributed by atoms with Crippen LogP contribution in [0.3, 0.4) is 0 Å². The topological polar surface area (TPSA) is 77.4 Å². The van der Waals surface area contributed by atoms with E-state index >= 15 is 0 Å². The third-order valence-electron chi connectivity index (χ3n) is 5.35. The molecule has 30 heavy (non-hydrogen) atoms. The molecule has 0 aliphatic rings. The lowest BCUT2D eigenvalue weighted by Gasteiger charge is -2.29. The summed E-state index contributed by atoms with van der Waals surface area (Å²) in [5, 5.41) is 8.81. The maximum absolute atomic E-state index is 10.4. The van der Waals surface area contributed by atoms with Gasteiger partial charge in [-0.25, -0.2) is 8.42 Å². The van der Waals surface area contributed by atoms with Crippen LogP contribution in [-0.2, 0) is 10.1 Å². The van der Waals surface area contributed by atoms with Gasteiger partial charge in [-0.15, -0.1) is 0 Å². The third-order valence-corrected chi connectivity index (χ3v) is 6.20. The first-order chi connectivity index (χ1) is 14.1. The molecule has 1 N–H and O–H groups in total. The third kappa shape index (κ3) is 16.8. The zero-order valence-electron chi connectivity index (χ0n) is 19.7. The number of unbranched alkanes of at least 4 members (excludes halogenated alkanes) is 9. The van der Waals surface area contributed by atoms with Crippen LogP contribution in [0.1, 0.15) is 83.1 Å². The Kier molecular flexibility index (Phi) is 16.2. The predicted molar refractivity (Wildman–Crippen MR) is 125 cm³/mol. The maximum atomic E-state index is 10.4. The lowest BCUT2D eigenvalue weighted by atomic mass is 10.1. The number of quaternary nitrogens is 1. The second kappa shape index (κ2) is 16.7. The van der Waals surface area contributed by atoms with E-state index in [0.29, 0.717) is 6.61 Å². The minimum atomic E-state index is -4.27. The van der Waals surface area contributed by atoms with Gasteiger partial charge in [0.05, 0.1) is 32.1 Å². The summed E-state index contributed by atoms with van der Waals surface area (Å²) in [6.07, 6.45) is 14.8. The van der Waals surface area contributed by atoms with Gasteiger partial charge in [0.2, 0.25) is 0 Å². The van der Waals surface area contributed by atoms with Crippen LogP contribution in [0, 0.1) is 6.92 Å². The molecule has 0 aromatic heterocycles. The van der Waals surface area contributed by atoms with Crippen LogP contribution in [0.25, 0.3) is 0 Å². The SMILES string of the molecule is CCCCCCCCCCC[N+](C)(C)CCCCO.Cc1ccc(S(=O)(=O)[O-])cc1. The Hall–Kier alpha value is -0.950. The molecule has 1 rings (SSSR count). The summed E-state index contributed by atoms with van der Waals surface area (Å²) in [4.78, 5) is -0.178. The quantitative estimate of drug-likeness (QED) is 0.228. The van der Waals surface area contributed by atoms with Crippen molar-refractivity contribution in [3.63, 3.8) is 0 Å². The molecule has 0 amide bonds. The van der Waals surface area contributed by atoms with E-state index in [1.807, 2.05) is 6.92 Å². The first-order valence-corrected chi connectivity index (χ1v) is 13.0. The van der Waals surface area contributed by atoms with Gasteiger partial charge >= 0.3 is 0 Å². The molecule has 5 nitrogen and oxygen atoms in total. The van der Waals surface area contributed by atoms with Crippen LogP contribution >= 0.6 is 0 Å². The fourth-order valence-corrected chi connectivity index (χ4v) is 3.79. The van der Waals surface area contributed by atoms with Crippen molar-refractivity contribution in [2.24, 2.45) is 0 Å². The molecule has 0 bridgehead atoms. The van der Waals surface area contributed by atoms with Gasteiger partial charge < -0.3 is 14.1 Å². The van der Waals surface area contributed by atoms with Gasteiger partial charge in [0, 0.05) is 6.61 Å². The van der Waals surface area contributed by atoms with Crippen molar-refractivity contribution < 1.29 is 22.6 Å². The number of aliphatic hydroxyl groups excluding tert-OH is 1. The summed E-state index contributed by atoms with van der Waals surface area (Å²) in [7, 11) is 0.374. The average Bonchev–Trinajstić information content (AvgIpc) is 2.67. The van der Waals surface area contributed by atoms with Gasteiger partial charge in [-0.3, -0.25) is 0 Å². The normalized spacial score (nSPS) is 11.8. The summed E-state index contributed by atoms with van der Waals surface area (Å²) in [6, 6.07) is 5.78. The fourth-order valence-electron chi connectivity index (χ4n) is 3.32. The summed E-state index contributed by atoms with van der Waals surface area (Å²) >= 11 is 0. The van der Waals surface area contributed by atoms with E-state index < -0.39 is 10.1 Å². The molecule has 6 heteroatoms. The summed E-state index contributed by atoms with van der Waals surface area (Å²) in [5.41, 5.74) is 0.928.